The van der Waals surface area contributed by atoms with Crippen molar-refractivity contribution in [2.24, 2.45) is 10.7 Å². The first-order valence-corrected chi connectivity index (χ1v) is 10.9. The van der Waals surface area contributed by atoms with Crippen molar-refractivity contribution in [1.29, 1.82) is 0 Å². The molecule has 1 aromatic rings. The van der Waals surface area contributed by atoms with Crippen molar-refractivity contribution in [3.63, 3.8) is 0 Å². The van der Waals surface area contributed by atoms with Crippen LogP contribution in [0.15, 0.2) is 29.3 Å². The SMILES string of the molecule is CCOC(=O)N1CCC(NC(N)=NCc2ccc(OC3CCCCC3)cc2)CC1. The van der Waals surface area contributed by atoms with Crippen LogP contribution < -0.4 is 15.8 Å². The first-order chi connectivity index (χ1) is 14.1. The van der Waals surface area contributed by atoms with Crippen molar-refractivity contribution in [1.82, 2.24) is 10.2 Å². The summed E-state index contributed by atoms with van der Waals surface area (Å²) in [6, 6.07) is 8.37. The van der Waals surface area contributed by atoms with Gasteiger partial charge in [0.15, 0.2) is 5.96 Å². The topological polar surface area (TPSA) is 89.2 Å². The maximum atomic E-state index is 11.7. The third kappa shape index (κ3) is 6.84. The molecule has 1 aliphatic heterocycles. The molecule has 1 heterocycles. The van der Waals surface area contributed by atoms with Crippen LogP contribution in [0, 0.1) is 0 Å². The molecule has 1 saturated carbocycles. The second-order valence-electron chi connectivity index (χ2n) is 7.83. The van der Waals surface area contributed by atoms with Gasteiger partial charge in [0.2, 0.25) is 0 Å². The number of nitrogens with two attached hydrogens (primary N) is 1. The number of hydrogen-bond acceptors (Lipinski definition) is 4. The van der Waals surface area contributed by atoms with Crippen molar-refractivity contribution in [2.45, 2.75) is 70.6 Å². The van der Waals surface area contributed by atoms with Crippen molar-refractivity contribution < 1.29 is 14.3 Å². The fraction of sp³-hybridized carbons (Fsp3) is 0.636. The third-order valence-electron chi connectivity index (χ3n) is 5.58. The normalized spacial score (nSPS) is 19.1. The minimum Gasteiger partial charge on any atom is -0.490 e. The van der Waals surface area contributed by atoms with Crippen molar-refractivity contribution in [3.8, 4) is 5.75 Å². The number of benzene rings is 1. The third-order valence-corrected chi connectivity index (χ3v) is 5.58. The van der Waals surface area contributed by atoms with E-state index in [0.29, 0.717) is 38.3 Å². The highest BCUT2D eigenvalue weighted by Crippen LogP contribution is 2.23. The minimum absolute atomic E-state index is 0.232. The molecule has 2 aliphatic rings. The average molecular weight is 403 g/mol. The molecule has 0 radical (unpaired) electrons. The van der Waals surface area contributed by atoms with Gasteiger partial charge in [-0.15, -0.1) is 0 Å². The number of guanidine groups is 1. The number of amides is 1. The van der Waals surface area contributed by atoms with Gasteiger partial charge >= 0.3 is 6.09 Å². The van der Waals surface area contributed by atoms with Gasteiger partial charge in [-0.3, -0.25) is 0 Å². The van der Waals surface area contributed by atoms with E-state index in [4.69, 9.17) is 15.2 Å². The molecule has 1 aromatic carbocycles. The van der Waals surface area contributed by atoms with Crippen LogP contribution in [0.25, 0.3) is 0 Å². The molecule has 3 rings (SSSR count). The molecular weight excluding hydrogens is 368 g/mol. The van der Waals surface area contributed by atoms with E-state index in [9.17, 15) is 4.79 Å². The number of nitrogens with one attached hydrogen (secondary N) is 1. The Labute approximate surface area is 173 Å². The molecule has 7 heteroatoms. The molecule has 1 amide bonds. The summed E-state index contributed by atoms with van der Waals surface area (Å²) in [7, 11) is 0. The van der Waals surface area contributed by atoms with Gasteiger partial charge in [0.1, 0.15) is 5.75 Å². The van der Waals surface area contributed by atoms with Crippen LogP contribution in [0.4, 0.5) is 4.79 Å². The van der Waals surface area contributed by atoms with E-state index in [1.807, 2.05) is 31.2 Å². The molecule has 0 unspecified atom stereocenters. The second-order valence-corrected chi connectivity index (χ2v) is 7.83. The first-order valence-electron chi connectivity index (χ1n) is 10.9. The van der Waals surface area contributed by atoms with Crippen LogP contribution in [0.1, 0.15) is 57.4 Å². The zero-order valence-corrected chi connectivity index (χ0v) is 17.4. The van der Waals surface area contributed by atoms with E-state index in [0.717, 1.165) is 37.0 Å². The van der Waals surface area contributed by atoms with Crippen LogP contribution in [0.2, 0.25) is 0 Å². The number of carbonyl (C=O) groups is 1. The molecule has 29 heavy (non-hydrogen) atoms. The van der Waals surface area contributed by atoms with Crippen molar-refractivity contribution >= 4 is 12.1 Å². The van der Waals surface area contributed by atoms with Gasteiger partial charge in [0.05, 0.1) is 19.3 Å². The Morgan fingerprint density at radius 3 is 2.48 bits per heavy atom. The number of nitrogens with zero attached hydrogens (tertiary/aromatic N) is 2. The smallest absolute Gasteiger partial charge is 0.409 e. The van der Waals surface area contributed by atoms with E-state index in [-0.39, 0.29) is 12.1 Å². The molecule has 1 saturated heterocycles. The van der Waals surface area contributed by atoms with E-state index >= 15 is 0 Å². The number of aliphatic imine (C=N–C) groups is 1. The summed E-state index contributed by atoms with van der Waals surface area (Å²) in [6.45, 7) is 4.10. The van der Waals surface area contributed by atoms with Crippen LogP contribution >= 0.6 is 0 Å². The maximum Gasteiger partial charge on any atom is 0.409 e. The Hall–Kier alpha value is -2.44. The van der Waals surface area contributed by atoms with E-state index in [1.54, 1.807) is 4.90 Å². The lowest BCUT2D eigenvalue weighted by Crippen LogP contribution is -2.48. The predicted octanol–water partition coefficient (Wildman–Crippen LogP) is 3.42. The summed E-state index contributed by atoms with van der Waals surface area (Å²) in [6.07, 6.45) is 7.99. The summed E-state index contributed by atoms with van der Waals surface area (Å²) >= 11 is 0. The number of ether oxygens (including phenoxy) is 2. The van der Waals surface area contributed by atoms with Crippen LogP contribution in [-0.4, -0.2) is 48.8 Å². The summed E-state index contributed by atoms with van der Waals surface area (Å²) in [5.41, 5.74) is 7.16. The van der Waals surface area contributed by atoms with Crippen molar-refractivity contribution in [3.05, 3.63) is 29.8 Å². The van der Waals surface area contributed by atoms with Gasteiger partial charge < -0.3 is 25.4 Å². The summed E-state index contributed by atoms with van der Waals surface area (Å²) in [4.78, 5) is 17.9. The second kappa shape index (κ2) is 10.9. The maximum absolute atomic E-state index is 11.7. The number of piperidine rings is 1. The van der Waals surface area contributed by atoms with Gasteiger partial charge in [-0.05, 0) is 63.1 Å². The molecular formula is C22H34N4O3. The number of rotatable bonds is 6. The largest absolute Gasteiger partial charge is 0.490 e. The number of likely N-dealkylation sites (tertiary alicyclic amines) is 1. The monoisotopic (exact) mass is 402 g/mol. The fourth-order valence-electron chi connectivity index (χ4n) is 3.90. The van der Waals surface area contributed by atoms with Gasteiger partial charge in [-0.1, -0.05) is 18.6 Å². The highest BCUT2D eigenvalue weighted by Gasteiger charge is 2.23. The fourth-order valence-corrected chi connectivity index (χ4v) is 3.90. The molecule has 2 fully saturated rings. The summed E-state index contributed by atoms with van der Waals surface area (Å²) in [5, 5.41) is 3.27. The lowest BCUT2D eigenvalue weighted by molar-refractivity contribution is 0.0963. The van der Waals surface area contributed by atoms with E-state index < -0.39 is 0 Å². The van der Waals surface area contributed by atoms with Crippen LogP contribution in [-0.2, 0) is 11.3 Å². The van der Waals surface area contributed by atoms with E-state index in [1.165, 1.54) is 19.3 Å². The quantitative estimate of drug-likeness (QED) is 0.562. The minimum atomic E-state index is -0.233. The van der Waals surface area contributed by atoms with Gasteiger partial charge in [0.25, 0.3) is 0 Å². The molecule has 0 bridgehead atoms. The predicted molar refractivity (Wildman–Crippen MR) is 114 cm³/mol. The molecule has 0 atom stereocenters. The zero-order chi connectivity index (χ0) is 20.5. The Kier molecular flexibility index (Phi) is 8.02. The van der Waals surface area contributed by atoms with Crippen LogP contribution in [0.5, 0.6) is 5.75 Å². The molecule has 7 nitrogen and oxygen atoms in total. The van der Waals surface area contributed by atoms with Crippen molar-refractivity contribution in [2.75, 3.05) is 19.7 Å². The molecule has 0 spiro atoms. The Balaban J connectivity index is 1.40. The summed E-state index contributed by atoms with van der Waals surface area (Å²) < 4.78 is 11.1. The molecule has 1 aliphatic carbocycles. The average Bonchev–Trinajstić information content (AvgIpc) is 2.75. The highest BCUT2D eigenvalue weighted by molar-refractivity contribution is 5.78. The lowest BCUT2D eigenvalue weighted by atomic mass is 9.98. The highest BCUT2D eigenvalue weighted by atomic mass is 16.6. The van der Waals surface area contributed by atoms with Gasteiger partial charge in [-0.2, -0.15) is 0 Å². The number of hydrogen-bond donors (Lipinski definition) is 2. The summed E-state index contributed by atoms with van der Waals surface area (Å²) in [5.74, 6) is 1.38. The number of carbonyl (C=O) groups excluding carboxylic acids is 1. The van der Waals surface area contributed by atoms with Crippen LogP contribution in [0.3, 0.4) is 0 Å². The van der Waals surface area contributed by atoms with Gasteiger partial charge in [-0.25, -0.2) is 9.79 Å². The lowest BCUT2D eigenvalue weighted by Gasteiger charge is -2.31. The van der Waals surface area contributed by atoms with E-state index in [2.05, 4.69) is 10.3 Å². The Morgan fingerprint density at radius 2 is 1.83 bits per heavy atom. The first kappa shape index (κ1) is 21.3. The zero-order valence-electron chi connectivity index (χ0n) is 17.4. The molecule has 0 aromatic heterocycles. The molecule has 3 N–H and O–H groups in total. The molecule has 160 valence electrons. The standard InChI is InChI=1S/C22H34N4O3/c1-2-28-22(27)26-14-12-18(13-15-26)25-21(23)24-16-17-8-10-20(11-9-17)29-19-6-4-3-5-7-19/h8-11,18-19H,2-7,12-16H2,1H3,(H3,23,24,25). The Morgan fingerprint density at radius 1 is 1.14 bits per heavy atom. The Bertz CT molecular complexity index is 663. The van der Waals surface area contributed by atoms with Gasteiger partial charge in [0, 0.05) is 19.1 Å².